The predicted molar refractivity (Wildman–Crippen MR) is 85.0 cm³/mol. The molecule has 2 fully saturated rings. The maximum absolute atomic E-state index is 12.0. The molecule has 0 aliphatic heterocycles. The van der Waals surface area contributed by atoms with E-state index in [-0.39, 0.29) is 12.3 Å². The lowest BCUT2D eigenvalue weighted by Gasteiger charge is -2.31. The van der Waals surface area contributed by atoms with Crippen molar-refractivity contribution in [2.75, 3.05) is 6.54 Å². The van der Waals surface area contributed by atoms with E-state index in [0.29, 0.717) is 23.8 Å². The minimum atomic E-state index is -0.795. The van der Waals surface area contributed by atoms with Crippen LogP contribution in [0.1, 0.15) is 63.2 Å². The standard InChI is InChI=1S/C15H24N4O2S/c20-13(10-15(21)7-2-1-3-8-15)16-9-6-12-17-18-14(22)19(12)11-4-5-11/h11,21H,1-10H2,(H,16,20)(H,18,22). The Morgan fingerprint density at radius 3 is 2.82 bits per heavy atom. The Morgan fingerprint density at radius 1 is 1.41 bits per heavy atom. The Balaban J connectivity index is 1.46. The molecule has 22 heavy (non-hydrogen) atoms. The molecule has 0 unspecified atom stereocenters. The highest BCUT2D eigenvalue weighted by Crippen LogP contribution is 2.35. The van der Waals surface area contributed by atoms with Crippen molar-refractivity contribution in [3.05, 3.63) is 10.6 Å². The van der Waals surface area contributed by atoms with Crippen molar-refractivity contribution in [3.63, 3.8) is 0 Å². The van der Waals surface area contributed by atoms with E-state index in [9.17, 15) is 9.90 Å². The zero-order chi connectivity index (χ0) is 15.6. The number of carbonyl (C=O) groups excluding carboxylic acids is 1. The summed E-state index contributed by atoms with van der Waals surface area (Å²) in [6.45, 7) is 0.529. The van der Waals surface area contributed by atoms with Crippen molar-refractivity contribution in [2.24, 2.45) is 0 Å². The van der Waals surface area contributed by atoms with E-state index in [4.69, 9.17) is 12.2 Å². The van der Waals surface area contributed by atoms with E-state index in [1.807, 2.05) is 0 Å². The molecular weight excluding hydrogens is 300 g/mol. The number of aliphatic hydroxyl groups is 1. The first kappa shape index (κ1) is 15.7. The molecule has 2 aliphatic carbocycles. The number of nitrogens with one attached hydrogen (secondary N) is 2. The molecule has 1 aromatic rings. The SMILES string of the molecule is O=C(CC1(O)CCCCC1)NCCc1n[nH]c(=S)n1C1CC1. The molecule has 0 aromatic carbocycles. The lowest BCUT2D eigenvalue weighted by atomic mass is 9.82. The number of nitrogens with zero attached hydrogens (tertiary/aromatic N) is 2. The number of amides is 1. The minimum absolute atomic E-state index is 0.0727. The third-order valence-corrected chi connectivity index (χ3v) is 4.92. The highest BCUT2D eigenvalue weighted by Gasteiger charge is 2.31. The molecule has 0 bridgehead atoms. The monoisotopic (exact) mass is 324 g/mol. The normalized spacial score (nSPS) is 20.8. The number of aromatic nitrogens is 3. The smallest absolute Gasteiger partial charge is 0.222 e. The van der Waals surface area contributed by atoms with Gasteiger partial charge in [0.2, 0.25) is 5.91 Å². The summed E-state index contributed by atoms with van der Waals surface area (Å²) in [6, 6.07) is 0.486. The van der Waals surface area contributed by atoms with Crippen molar-refractivity contribution >= 4 is 18.1 Å². The van der Waals surface area contributed by atoms with Gasteiger partial charge in [-0.15, -0.1) is 0 Å². The zero-order valence-corrected chi connectivity index (χ0v) is 13.6. The Hall–Kier alpha value is -1.21. The third-order valence-electron chi connectivity index (χ3n) is 4.63. The molecule has 3 rings (SSSR count). The van der Waals surface area contributed by atoms with Crippen LogP contribution in [0.25, 0.3) is 0 Å². The summed E-state index contributed by atoms with van der Waals surface area (Å²) in [7, 11) is 0. The van der Waals surface area contributed by atoms with Crippen molar-refractivity contribution in [1.29, 1.82) is 0 Å². The summed E-state index contributed by atoms with van der Waals surface area (Å²) in [5, 5.41) is 20.4. The molecule has 7 heteroatoms. The molecule has 1 amide bonds. The van der Waals surface area contributed by atoms with Crippen LogP contribution in [0.2, 0.25) is 0 Å². The summed E-state index contributed by atoms with van der Waals surface area (Å²) < 4.78 is 2.73. The minimum Gasteiger partial charge on any atom is -0.389 e. The van der Waals surface area contributed by atoms with Gasteiger partial charge in [0.05, 0.1) is 12.0 Å². The van der Waals surface area contributed by atoms with Crippen LogP contribution in [0.5, 0.6) is 0 Å². The van der Waals surface area contributed by atoms with Gasteiger partial charge in [0.25, 0.3) is 0 Å². The van der Waals surface area contributed by atoms with E-state index < -0.39 is 5.60 Å². The van der Waals surface area contributed by atoms with Gasteiger partial charge in [-0.3, -0.25) is 9.89 Å². The second-order valence-corrected chi connectivity index (χ2v) is 6.99. The number of hydrogen-bond acceptors (Lipinski definition) is 4. The molecule has 0 spiro atoms. The fraction of sp³-hybridized carbons (Fsp3) is 0.800. The van der Waals surface area contributed by atoms with Gasteiger partial charge in [-0.1, -0.05) is 19.3 Å². The molecule has 6 nitrogen and oxygen atoms in total. The Morgan fingerprint density at radius 2 is 2.14 bits per heavy atom. The van der Waals surface area contributed by atoms with Crippen LogP contribution in [-0.2, 0) is 11.2 Å². The summed E-state index contributed by atoms with van der Waals surface area (Å²) in [6.07, 6.45) is 7.84. The second kappa shape index (κ2) is 6.50. The van der Waals surface area contributed by atoms with E-state index in [1.54, 1.807) is 0 Å². The first-order valence-electron chi connectivity index (χ1n) is 8.22. The van der Waals surface area contributed by atoms with Crippen LogP contribution in [-0.4, -0.2) is 37.9 Å². The quantitative estimate of drug-likeness (QED) is 0.699. The van der Waals surface area contributed by atoms with E-state index in [2.05, 4.69) is 20.1 Å². The Labute approximate surface area is 135 Å². The average molecular weight is 324 g/mol. The van der Waals surface area contributed by atoms with Gasteiger partial charge in [0, 0.05) is 19.0 Å². The lowest BCUT2D eigenvalue weighted by molar-refractivity contribution is -0.127. The Bertz CT molecular complexity index is 585. The van der Waals surface area contributed by atoms with Crippen LogP contribution in [0.4, 0.5) is 0 Å². The van der Waals surface area contributed by atoms with Crippen molar-refractivity contribution in [2.45, 2.75) is 69.4 Å². The maximum Gasteiger partial charge on any atom is 0.222 e. The van der Waals surface area contributed by atoms with E-state index in [0.717, 1.165) is 50.8 Å². The van der Waals surface area contributed by atoms with Crippen LogP contribution in [0, 0.1) is 4.77 Å². The van der Waals surface area contributed by atoms with Gasteiger partial charge in [0.15, 0.2) is 4.77 Å². The average Bonchev–Trinajstić information content (AvgIpc) is 3.23. The first-order valence-corrected chi connectivity index (χ1v) is 8.63. The van der Waals surface area contributed by atoms with Crippen LogP contribution < -0.4 is 5.32 Å². The number of carbonyl (C=O) groups is 1. The van der Waals surface area contributed by atoms with Crippen LogP contribution in [0.15, 0.2) is 0 Å². The van der Waals surface area contributed by atoms with Crippen LogP contribution >= 0.6 is 12.2 Å². The maximum atomic E-state index is 12.0. The van der Waals surface area contributed by atoms with Gasteiger partial charge in [-0.2, -0.15) is 5.10 Å². The van der Waals surface area contributed by atoms with Crippen molar-refractivity contribution in [3.8, 4) is 0 Å². The van der Waals surface area contributed by atoms with Crippen LogP contribution in [0.3, 0.4) is 0 Å². The fourth-order valence-electron chi connectivity index (χ4n) is 3.28. The largest absolute Gasteiger partial charge is 0.389 e. The van der Waals surface area contributed by atoms with E-state index in [1.165, 1.54) is 0 Å². The molecule has 0 atom stereocenters. The van der Waals surface area contributed by atoms with Gasteiger partial charge in [-0.25, -0.2) is 0 Å². The highest BCUT2D eigenvalue weighted by atomic mass is 32.1. The summed E-state index contributed by atoms with van der Waals surface area (Å²) in [4.78, 5) is 12.0. The number of hydrogen-bond donors (Lipinski definition) is 3. The summed E-state index contributed by atoms with van der Waals surface area (Å²) >= 11 is 5.24. The Kier molecular flexibility index (Phi) is 4.63. The van der Waals surface area contributed by atoms with Gasteiger partial charge >= 0.3 is 0 Å². The molecule has 2 saturated carbocycles. The highest BCUT2D eigenvalue weighted by molar-refractivity contribution is 7.71. The first-order chi connectivity index (χ1) is 10.6. The third kappa shape index (κ3) is 3.76. The number of aromatic amines is 1. The second-order valence-electron chi connectivity index (χ2n) is 6.61. The van der Waals surface area contributed by atoms with Crippen molar-refractivity contribution in [1.82, 2.24) is 20.1 Å². The number of rotatable bonds is 6. The lowest BCUT2D eigenvalue weighted by Crippen LogP contribution is -2.39. The van der Waals surface area contributed by atoms with Gasteiger partial charge < -0.3 is 15.0 Å². The summed E-state index contributed by atoms with van der Waals surface area (Å²) in [5.41, 5.74) is -0.795. The van der Waals surface area contributed by atoms with Gasteiger partial charge in [0.1, 0.15) is 5.82 Å². The topological polar surface area (TPSA) is 82.9 Å². The zero-order valence-electron chi connectivity index (χ0n) is 12.8. The predicted octanol–water partition coefficient (Wildman–Crippen LogP) is 2.02. The fourth-order valence-corrected chi connectivity index (χ4v) is 3.58. The number of H-pyrrole nitrogens is 1. The molecule has 0 saturated heterocycles. The van der Waals surface area contributed by atoms with Gasteiger partial charge in [-0.05, 0) is 37.9 Å². The van der Waals surface area contributed by atoms with E-state index >= 15 is 0 Å². The molecule has 2 aliphatic rings. The molecule has 122 valence electrons. The molecule has 3 N–H and O–H groups in total. The molecule has 1 aromatic heterocycles. The van der Waals surface area contributed by atoms with Crippen molar-refractivity contribution < 1.29 is 9.90 Å². The summed E-state index contributed by atoms with van der Waals surface area (Å²) in [5.74, 6) is 0.834. The molecular formula is C15H24N4O2S. The molecule has 0 radical (unpaired) electrons. The molecule has 1 heterocycles.